The van der Waals surface area contributed by atoms with Gasteiger partial charge in [0.1, 0.15) is 5.76 Å². The van der Waals surface area contributed by atoms with Gasteiger partial charge in [0.25, 0.3) is 0 Å². The number of nitrogens with one attached hydrogen (secondary N) is 1. The highest BCUT2D eigenvalue weighted by Gasteiger charge is 2.21. The summed E-state index contributed by atoms with van der Waals surface area (Å²) in [4.78, 5) is 0. The average Bonchev–Trinajstić information content (AvgIpc) is 2.68. The molecule has 0 fully saturated rings. The van der Waals surface area contributed by atoms with Gasteiger partial charge in [-0.3, -0.25) is 0 Å². The lowest BCUT2D eigenvalue weighted by Crippen LogP contribution is -2.31. The third kappa shape index (κ3) is 3.47. The van der Waals surface area contributed by atoms with E-state index in [9.17, 15) is 0 Å². The Morgan fingerprint density at radius 3 is 2.79 bits per heavy atom. The highest BCUT2D eigenvalue weighted by Crippen LogP contribution is 2.29. The van der Waals surface area contributed by atoms with Crippen molar-refractivity contribution in [3.8, 4) is 0 Å². The monoisotopic (exact) mass is 262 g/mol. The Bertz CT molecular complexity index is 428. The molecule has 0 saturated carbocycles. The van der Waals surface area contributed by atoms with Crippen molar-refractivity contribution in [2.24, 2.45) is 11.8 Å². The molecule has 1 aromatic rings. The van der Waals surface area contributed by atoms with Gasteiger partial charge in [0.05, 0.1) is 5.69 Å². The van der Waals surface area contributed by atoms with E-state index < -0.39 is 0 Å². The quantitative estimate of drug-likeness (QED) is 0.652. The van der Waals surface area contributed by atoms with E-state index in [2.05, 4.69) is 30.4 Å². The molecule has 2 atom stereocenters. The molecule has 0 spiro atoms. The Hall–Kier alpha value is -1.09. The van der Waals surface area contributed by atoms with Crippen molar-refractivity contribution in [2.75, 3.05) is 13.1 Å². The van der Waals surface area contributed by atoms with Gasteiger partial charge in [-0.25, -0.2) is 0 Å². The Labute approximate surface area is 116 Å². The number of aromatic nitrogens is 1. The first-order valence-corrected chi connectivity index (χ1v) is 7.38. The molecule has 1 heterocycles. The molecule has 1 aliphatic rings. The van der Waals surface area contributed by atoms with Gasteiger partial charge in [0, 0.05) is 12.1 Å². The smallest absolute Gasteiger partial charge is 0.137 e. The fourth-order valence-electron chi connectivity index (χ4n) is 3.07. The predicted molar refractivity (Wildman–Crippen MR) is 78.2 cm³/mol. The van der Waals surface area contributed by atoms with Crippen LogP contribution in [0, 0.1) is 25.7 Å². The molecule has 106 valence electrons. The average molecular weight is 262 g/mol. The lowest BCUT2D eigenvalue weighted by atomic mass is 9.80. The van der Waals surface area contributed by atoms with Crippen LogP contribution in [-0.2, 0) is 6.42 Å². The molecule has 1 aliphatic carbocycles. The second-order valence-electron chi connectivity index (χ2n) is 5.87. The highest BCUT2D eigenvalue weighted by molar-refractivity contribution is 5.21. The molecule has 0 aliphatic heterocycles. The molecular weight excluding hydrogens is 236 g/mol. The van der Waals surface area contributed by atoms with Crippen molar-refractivity contribution < 1.29 is 4.52 Å². The number of nitrogens with zero attached hydrogens (tertiary/aromatic N) is 1. The summed E-state index contributed by atoms with van der Waals surface area (Å²) in [6.07, 6.45) is 5.99. The second kappa shape index (κ2) is 6.38. The van der Waals surface area contributed by atoms with Gasteiger partial charge in [0.15, 0.2) is 0 Å². The molecule has 0 unspecified atom stereocenters. The van der Waals surface area contributed by atoms with Crippen molar-refractivity contribution in [3.05, 3.63) is 28.7 Å². The topological polar surface area (TPSA) is 38.1 Å². The zero-order valence-electron chi connectivity index (χ0n) is 12.6. The van der Waals surface area contributed by atoms with E-state index in [-0.39, 0.29) is 0 Å². The molecule has 19 heavy (non-hydrogen) atoms. The third-order valence-corrected chi connectivity index (χ3v) is 4.46. The number of aryl methyl sites for hydroxylation is 2. The van der Waals surface area contributed by atoms with Gasteiger partial charge in [-0.1, -0.05) is 23.7 Å². The minimum absolute atomic E-state index is 0.707. The number of hydrogen-bond acceptors (Lipinski definition) is 3. The Morgan fingerprint density at radius 2 is 2.16 bits per heavy atom. The van der Waals surface area contributed by atoms with Gasteiger partial charge in [-0.05, 0) is 58.4 Å². The summed E-state index contributed by atoms with van der Waals surface area (Å²) < 4.78 is 5.19. The van der Waals surface area contributed by atoms with Crippen molar-refractivity contribution in [3.63, 3.8) is 0 Å². The standard InChI is InChI=1S/C16H26N2O/c1-11-6-5-7-12(2)16(11)10-17-9-8-15-13(3)18-19-14(15)4/h6,12,16-17H,5,7-10H2,1-4H3/t12-,16-/m0/s1. The maximum atomic E-state index is 5.19. The number of allylic oxidation sites excluding steroid dienone is 1. The lowest BCUT2D eigenvalue weighted by molar-refractivity contribution is 0.351. The minimum Gasteiger partial charge on any atom is -0.361 e. The van der Waals surface area contributed by atoms with Crippen LogP contribution in [0.5, 0.6) is 0 Å². The maximum Gasteiger partial charge on any atom is 0.137 e. The molecular formula is C16H26N2O. The highest BCUT2D eigenvalue weighted by atomic mass is 16.5. The van der Waals surface area contributed by atoms with Crippen LogP contribution in [-0.4, -0.2) is 18.2 Å². The van der Waals surface area contributed by atoms with Crippen LogP contribution < -0.4 is 5.32 Å². The van der Waals surface area contributed by atoms with Crippen molar-refractivity contribution in [2.45, 2.75) is 47.0 Å². The molecule has 3 heteroatoms. The fourth-order valence-corrected chi connectivity index (χ4v) is 3.07. The molecule has 2 rings (SSSR count). The number of rotatable bonds is 5. The van der Waals surface area contributed by atoms with E-state index in [1.165, 1.54) is 18.4 Å². The van der Waals surface area contributed by atoms with E-state index in [0.717, 1.165) is 36.9 Å². The largest absolute Gasteiger partial charge is 0.361 e. The van der Waals surface area contributed by atoms with Crippen LogP contribution in [0.1, 0.15) is 43.7 Å². The minimum atomic E-state index is 0.707. The van der Waals surface area contributed by atoms with Gasteiger partial charge in [-0.15, -0.1) is 0 Å². The van der Waals surface area contributed by atoms with Crippen LogP contribution in [0.2, 0.25) is 0 Å². The lowest BCUT2D eigenvalue weighted by Gasteiger charge is -2.29. The number of hydrogen-bond donors (Lipinski definition) is 1. The summed E-state index contributed by atoms with van der Waals surface area (Å²) in [6.45, 7) is 10.7. The predicted octanol–water partition coefficient (Wildman–Crippen LogP) is 3.42. The van der Waals surface area contributed by atoms with Crippen molar-refractivity contribution in [1.82, 2.24) is 10.5 Å². The van der Waals surface area contributed by atoms with Gasteiger partial charge in [-0.2, -0.15) is 0 Å². The molecule has 0 saturated heterocycles. The van der Waals surface area contributed by atoms with Crippen molar-refractivity contribution in [1.29, 1.82) is 0 Å². The van der Waals surface area contributed by atoms with Gasteiger partial charge in [0.2, 0.25) is 0 Å². The second-order valence-corrected chi connectivity index (χ2v) is 5.87. The van der Waals surface area contributed by atoms with Crippen LogP contribution in [0.25, 0.3) is 0 Å². The van der Waals surface area contributed by atoms with Crippen LogP contribution in [0.4, 0.5) is 0 Å². The summed E-state index contributed by atoms with van der Waals surface area (Å²) in [5.74, 6) is 2.47. The first-order chi connectivity index (χ1) is 9.09. The van der Waals surface area contributed by atoms with Crippen LogP contribution >= 0.6 is 0 Å². The first kappa shape index (κ1) is 14.3. The summed E-state index contributed by atoms with van der Waals surface area (Å²) >= 11 is 0. The molecule has 0 bridgehead atoms. The summed E-state index contributed by atoms with van der Waals surface area (Å²) in [5.41, 5.74) is 3.85. The zero-order valence-corrected chi connectivity index (χ0v) is 12.6. The van der Waals surface area contributed by atoms with Gasteiger partial charge < -0.3 is 9.84 Å². The fraction of sp³-hybridized carbons (Fsp3) is 0.688. The van der Waals surface area contributed by atoms with Crippen LogP contribution in [0.3, 0.4) is 0 Å². The van der Waals surface area contributed by atoms with Crippen LogP contribution in [0.15, 0.2) is 16.2 Å². The molecule has 0 aromatic carbocycles. The molecule has 1 N–H and O–H groups in total. The Kier molecular flexibility index (Phi) is 4.81. The zero-order chi connectivity index (χ0) is 13.8. The summed E-state index contributed by atoms with van der Waals surface area (Å²) in [7, 11) is 0. The molecule has 0 radical (unpaired) electrons. The van der Waals surface area contributed by atoms with E-state index in [1.54, 1.807) is 5.57 Å². The Balaban J connectivity index is 1.78. The maximum absolute atomic E-state index is 5.19. The SMILES string of the molecule is CC1=CCC[C@H](C)[C@H]1CNCCc1c(C)noc1C. The van der Waals surface area contributed by atoms with E-state index in [4.69, 9.17) is 4.52 Å². The molecule has 3 nitrogen and oxygen atoms in total. The third-order valence-electron chi connectivity index (χ3n) is 4.46. The summed E-state index contributed by atoms with van der Waals surface area (Å²) in [5, 5.41) is 7.60. The first-order valence-electron chi connectivity index (χ1n) is 7.38. The molecule has 0 amide bonds. The normalized spacial score (nSPS) is 23.5. The van der Waals surface area contributed by atoms with Crippen molar-refractivity contribution >= 4 is 0 Å². The summed E-state index contributed by atoms with van der Waals surface area (Å²) in [6, 6.07) is 0. The van der Waals surface area contributed by atoms with Gasteiger partial charge >= 0.3 is 0 Å². The Morgan fingerprint density at radius 1 is 1.37 bits per heavy atom. The van der Waals surface area contributed by atoms with E-state index in [1.807, 2.05) is 13.8 Å². The molecule has 1 aromatic heterocycles. The van der Waals surface area contributed by atoms with E-state index >= 15 is 0 Å². The van der Waals surface area contributed by atoms with E-state index in [0.29, 0.717) is 5.92 Å².